The van der Waals surface area contributed by atoms with Crippen LogP contribution in [-0.4, -0.2) is 19.5 Å². The van der Waals surface area contributed by atoms with Crippen LogP contribution < -0.4 is 0 Å². The van der Waals surface area contributed by atoms with Gasteiger partial charge in [-0.05, 0) is 20.3 Å². The Morgan fingerprint density at radius 2 is 1.71 bits per heavy atom. The summed E-state index contributed by atoms with van der Waals surface area (Å²) in [6, 6.07) is 0. The van der Waals surface area contributed by atoms with E-state index in [9.17, 15) is 9.36 Å². The van der Waals surface area contributed by atoms with E-state index < -0.39 is 7.60 Å². The summed E-state index contributed by atoms with van der Waals surface area (Å²) < 4.78 is 21.8. The fourth-order valence-corrected chi connectivity index (χ4v) is 2.22. The largest absolute Gasteiger partial charge is 0.353 e. The number of hydrogen-bond acceptors (Lipinski definition) is 4. The molecule has 0 N–H and O–H groups in total. The summed E-state index contributed by atoms with van der Waals surface area (Å²) in [6.07, 6.45) is 3.46. The van der Waals surface area contributed by atoms with E-state index in [1.54, 1.807) is 19.9 Å². The normalized spacial score (nSPS) is 12.1. The maximum Gasteiger partial charge on any atom is 0.353 e. The molecule has 0 saturated carbocycles. The molecular weight excluding hydrogens is 203 g/mol. The molecule has 0 aromatic heterocycles. The lowest BCUT2D eigenvalue weighted by molar-refractivity contribution is -0.107. The molecule has 0 heterocycles. The van der Waals surface area contributed by atoms with Crippen LogP contribution in [0.25, 0.3) is 0 Å². The van der Waals surface area contributed by atoms with E-state index in [-0.39, 0.29) is 0 Å². The van der Waals surface area contributed by atoms with E-state index in [1.165, 1.54) is 5.82 Å². The van der Waals surface area contributed by atoms with E-state index in [2.05, 4.69) is 0 Å². The van der Waals surface area contributed by atoms with Crippen LogP contribution >= 0.6 is 7.60 Å². The number of carbonyl (C=O) groups excluding carboxylic acids is 1. The van der Waals surface area contributed by atoms with Crippen LogP contribution in [0.1, 0.15) is 26.7 Å². The molecule has 0 bridgehead atoms. The fourth-order valence-electron chi connectivity index (χ4n) is 0.851. The summed E-state index contributed by atoms with van der Waals surface area (Å²) in [7, 11) is -3.06. The summed E-state index contributed by atoms with van der Waals surface area (Å²) in [5, 5.41) is 0. The lowest BCUT2D eigenvalue weighted by atomic mass is 10.3. The molecule has 0 aliphatic heterocycles. The quantitative estimate of drug-likeness (QED) is 0.358. The third-order valence-corrected chi connectivity index (χ3v) is 3.17. The van der Waals surface area contributed by atoms with Gasteiger partial charge in [-0.15, -0.1) is 0 Å². The van der Waals surface area contributed by atoms with Crippen LogP contribution in [-0.2, 0) is 18.4 Å². The second-order valence-corrected chi connectivity index (χ2v) is 4.40. The van der Waals surface area contributed by atoms with Gasteiger partial charge in [0.05, 0.1) is 13.2 Å². The smallest absolute Gasteiger partial charge is 0.306 e. The molecule has 0 aromatic carbocycles. The van der Waals surface area contributed by atoms with Crippen molar-refractivity contribution in [2.75, 3.05) is 13.2 Å². The average molecular weight is 220 g/mol. The zero-order chi connectivity index (χ0) is 10.9. The molecule has 82 valence electrons. The molecule has 0 aliphatic rings. The first-order chi connectivity index (χ1) is 6.68. The topological polar surface area (TPSA) is 52.6 Å². The van der Waals surface area contributed by atoms with Crippen molar-refractivity contribution in [1.82, 2.24) is 0 Å². The van der Waals surface area contributed by atoms with E-state index in [1.807, 2.05) is 0 Å². The van der Waals surface area contributed by atoms with Crippen molar-refractivity contribution in [2.45, 2.75) is 26.7 Å². The standard InChI is InChI=1S/C9H17O4P/c1-3-12-14(11,13-4-2)9-7-5-6-8-10/h7-9H,3-6H2,1-2H3/b9-7+. The van der Waals surface area contributed by atoms with Gasteiger partial charge in [0.25, 0.3) is 0 Å². The van der Waals surface area contributed by atoms with Gasteiger partial charge in [-0.1, -0.05) is 6.08 Å². The lowest BCUT2D eigenvalue weighted by Gasteiger charge is -2.12. The number of rotatable bonds is 8. The van der Waals surface area contributed by atoms with Crippen molar-refractivity contribution < 1.29 is 18.4 Å². The van der Waals surface area contributed by atoms with Gasteiger partial charge < -0.3 is 13.8 Å². The Kier molecular flexibility index (Phi) is 7.67. The van der Waals surface area contributed by atoms with Crippen LogP contribution in [0.15, 0.2) is 11.9 Å². The summed E-state index contributed by atoms with van der Waals surface area (Å²) in [6.45, 7) is 4.19. The first-order valence-electron chi connectivity index (χ1n) is 4.68. The summed E-state index contributed by atoms with van der Waals surface area (Å²) in [5.74, 6) is 1.42. The highest BCUT2D eigenvalue weighted by atomic mass is 31.2. The van der Waals surface area contributed by atoms with Gasteiger partial charge in [0.2, 0.25) is 0 Å². The Morgan fingerprint density at radius 1 is 1.14 bits per heavy atom. The summed E-state index contributed by atoms with van der Waals surface area (Å²) in [5.41, 5.74) is 0. The second kappa shape index (κ2) is 7.92. The fraction of sp³-hybridized carbons (Fsp3) is 0.667. The molecule has 0 unspecified atom stereocenters. The van der Waals surface area contributed by atoms with Crippen LogP contribution in [0.4, 0.5) is 0 Å². The minimum atomic E-state index is -3.06. The molecule has 0 saturated heterocycles. The number of unbranched alkanes of at least 4 members (excludes halogenated alkanes) is 1. The van der Waals surface area contributed by atoms with Gasteiger partial charge in [-0.3, -0.25) is 4.57 Å². The van der Waals surface area contributed by atoms with Gasteiger partial charge in [-0.25, -0.2) is 0 Å². The Bertz CT molecular complexity index is 215. The van der Waals surface area contributed by atoms with Crippen molar-refractivity contribution in [3.05, 3.63) is 11.9 Å². The predicted octanol–water partition coefficient (Wildman–Crippen LogP) is 2.75. The van der Waals surface area contributed by atoms with Crippen molar-refractivity contribution in [1.29, 1.82) is 0 Å². The molecule has 14 heavy (non-hydrogen) atoms. The van der Waals surface area contributed by atoms with E-state index >= 15 is 0 Å². The Balaban J connectivity index is 4.13. The van der Waals surface area contributed by atoms with Gasteiger partial charge in [0, 0.05) is 12.2 Å². The highest BCUT2D eigenvalue weighted by Crippen LogP contribution is 2.49. The van der Waals surface area contributed by atoms with Crippen molar-refractivity contribution in [3.63, 3.8) is 0 Å². The zero-order valence-electron chi connectivity index (χ0n) is 8.64. The molecule has 0 aliphatic carbocycles. The molecule has 0 atom stereocenters. The SMILES string of the molecule is CCOP(=O)(/C=C/CCC=O)OCC. The van der Waals surface area contributed by atoms with Gasteiger partial charge >= 0.3 is 7.60 Å². The molecular formula is C9H17O4P. The molecule has 0 radical (unpaired) electrons. The maximum absolute atomic E-state index is 11.8. The first-order valence-corrected chi connectivity index (χ1v) is 6.29. The van der Waals surface area contributed by atoms with Crippen LogP contribution in [0, 0.1) is 0 Å². The second-order valence-electron chi connectivity index (χ2n) is 2.50. The molecule has 0 fully saturated rings. The summed E-state index contributed by atoms with van der Waals surface area (Å²) in [4.78, 5) is 10.0. The highest BCUT2D eigenvalue weighted by Gasteiger charge is 2.18. The van der Waals surface area contributed by atoms with Crippen molar-refractivity contribution in [2.24, 2.45) is 0 Å². The predicted molar refractivity (Wildman–Crippen MR) is 55.3 cm³/mol. The zero-order valence-corrected chi connectivity index (χ0v) is 9.54. The molecule has 0 rings (SSSR count). The molecule has 0 amide bonds. The highest BCUT2D eigenvalue weighted by molar-refractivity contribution is 7.57. The van der Waals surface area contributed by atoms with E-state index in [4.69, 9.17) is 9.05 Å². The van der Waals surface area contributed by atoms with Gasteiger partial charge in [0.15, 0.2) is 0 Å². The molecule has 4 nitrogen and oxygen atoms in total. The molecule has 0 aromatic rings. The van der Waals surface area contributed by atoms with Crippen LogP contribution in [0.5, 0.6) is 0 Å². The monoisotopic (exact) mass is 220 g/mol. The van der Waals surface area contributed by atoms with Crippen molar-refractivity contribution in [3.8, 4) is 0 Å². The van der Waals surface area contributed by atoms with Crippen LogP contribution in [0.3, 0.4) is 0 Å². The van der Waals surface area contributed by atoms with Gasteiger partial charge in [-0.2, -0.15) is 0 Å². The summed E-state index contributed by atoms with van der Waals surface area (Å²) >= 11 is 0. The minimum absolute atomic E-state index is 0.343. The number of aldehydes is 1. The van der Waals surface area contributed by atoms with Crippen molar-refractivity contribution >= 4 is 13.9 Å². The lowest BCUT2D eigenvalue weighted by Crippen LogP contribution is -1.92. The number of hydrogen-bond donors (Lipinski definition) is 0. The van der Waals surface area contributed by atoms with E-state index in [0.29, 0.717) is 26.1 Å². The first kappa shape index (κ1) is 13.6. The van der Waals surface area contributed by atoms with Crippen LogP contribution in [0.2, 0.25) is 0 Å². The average Bonchev–Trinajstić information content (AvgIpc) is 2.13. The number of carbonyl (C=O) groups is 1. The number of allylic oxidation sites excluding steroid dienone is 1. The third kappa shape index (κ3) is 6.08. The molecule has 0 spiro atoms. The Morgan fingerprint density at radius 3 is 2.14 bits per heavy atom. The van der Waals surface area contributed by atoms with Gasteiger partial charge in [0.1, 0.15) is 6.29 Å². The minimum Gasteiger partial charge on any atom is -0.306 e. The third-order valence-electron chi connectivity index (χ3n) is 1.36. The maximum atomic E-state index is 11.8. The van der Waals surface area contributed by atoms with E-state index in [0.717, 1.165) is 6.29 Å². The Labute approximate surface area is 84.8 Å². The Hall–Kier alpha value is -0.440. The molecule has 5 heteroatoms.